The average Bonchev–Trinajstić information content (AvgIpc) is 2.37. The van der Waals surface area contributed by atoms with E-state index in [0.29, 0.717) is 6.54 Å². The van der Waals surface area contributed by atoms with E-state index in [2.05, 4.69) is 28.1 Å². The molecule has 0 heterocycles. The van der Waals surface area contributed by atoms with E-state index in [1.807, 2.05) is 37.3 Å². The minimum atomic E-state index is 0.672. The second-order valence-corrected chi connectivity index (χ2v) is 5.11. The van der Waals surface area contributed by atoms with Crippen molar-refractivity contribution in [3.05, 3.63) is 58.1 Å². The van der Waals surface area contributed by atoms with Crippen LogP contribution >= 0.6 is 15.9 Å². The molecule has 3 heteroatoms. The van der Waals surface area contributed by atoms with Crippen LogP contribution in [0.25, 0.3) is 0 Å². The van der Waals surface area contributed by atoms with E-state index in [9.17, 15) is 0 Å². The molecular formula is C15H16BrNO. The van der Waals surface area contributed by atoms with Gasteiger partial charge in [0.05, 0.1) is 0 Å². The Morgan fingerprint density at radius 2 is 1.83 bits per heavy atom. The maximum absolute atomic E-state index is 5.86. The Labute approximate surface area is 116 Å². The molecule has 2 rings (SSSR count). The fourth-order valence-electron chi connectivity index (χ4n) is 1.70. The van der Waals surface area contributed by atoms with E-state index < -0.39 is 0 Å². The van der Waals surface area contributed by atoms with Gasteiger partial charge in [0, 0.05) is 4.47 Å². The van der Waals surface area contributed by atoms with Crippen molar-refractivity contribution >= 4 is 15.9 Å². The minimum absolute atomic E-state index is 0.672. The third-order valence-corrected chi connectivity index (χ3v) is 3.23. The molecule has 2 aromatic rings. The molecule has 2 nitrogen and oxygen atoms in total. The number of ether oxygens (including phenoxy) is 1. The largest absolute Gasteiger partial charge is 0.457 e. The van der Waals surface area contributed by atoms with Crippen LogP contribution in [0.5, 0.6) is 11.5 Å². The summed E-state index contributed by atoms with van der Waals surface area (Å²) in [5.41, 5.74) is 7.87. The second-order valence-electron chi connectivity index (χ2n) is 4.19. The number of benzene rings is 2. The maximum Gasteiger partial charge on any atom is 0.131 e. The van der Waals surface area contributed by atoms with Gasteiger partial charge in [-0.1, -0.05) is 34.1 Å². The van der Waals surface area contributed by atoms with Crippen LogP contribution in [-0.2, 0) is 6.42 Å². The first-order valence-electron chi connectivity index (χ1n) is 5.92. The molecule has 0 spiro atoms. The van der Waals surface area contributed by atoms with Crippen LogP contribution in [0.15, 0.2) is 46.9 Å². The van der Waals surface area contributed by atoms with Crippen molar-refractivity contribution in [2.24, 2.45) is 5.73 Å². The first kappa shape index (κ1) is 13.1. The molecule has 0 amide bonds. The maximum atomic E-state index is 5.86. The van der Waals surface area contributed by atoms with Crippen LogP contribution in [0.1, 0.15) is 11.1 Å². The lowest BCUT2D eigenvalue weighted by Gasteiger charge is -2.09. The molecule has 0 unspecified atom stereocenters. The summed E-state index contributed by atoms with van der Waals surface area (Å²) in [6, 6.07) is 14.1. The third-order valence-electron chi connectivity index (χ3n) is 2.73. The van der Waals surface area contributed by atoms with Crippen molar-refractivity contribution in [3.63, 3.8) is 0 Å². The van der Waals surface area contributed by atoms with Crippen LogP contribution in [-0.4, -0.2) is 6.54 Å². The highest BCUT2D eigenvalue weighted by Crippen LogP contribution is 2.28. The van der Waals surface area contributed by atoms with Crippen molar-refractivity contribution in [1.29, 1.82) is 0 Å². The van der Waals surface area contributed by atoms with Gasteiger partial charge in [-0.3, -0.25) is 0 Å². The Balaban J connectivity index is 2.15. The molecule has 94 valence electrons. The van der Waals surface area contributed by atoms with Crippen molar-refractivity contribution in [3.8, 4) is 11.5 Å². The van der Waals surface area contributed by atoms with E-state index in [-0.39, 0.29) is 0 Å². The zero-order valence-corrected chi connectivity index (χ0v) is 11.9. The normalized spacial score (nSPS) is 10.4. The molecule has 0 aliphatic rings. The Morgan fingerprint density at radius 1 is 1.11 bits per heavy atom. The highest BCUT2D eigenvalue weighted by atomic mass is 79.9. The molecule has 2 aromatic carbocycles. The number of halogens is 1. The van der Waals surface area contributed by atoms with Gasteiger partial charge in [-0.15, -0.1) is 0 Å². The fourth-order valence-corrected chi connectivity index (χ4v) is 2.04. The molecule has 0 atom stereocenters. The SMILES string of the molecule is Cc1ccc(Br)cc1Oc1ccc(CCN)cc1. The molecule has 0 saturated carbocycles. The van der Waals surface area contributed by atoms with E-state index in [0.717, 1.165) is 28.0 Å². The molecule has 0 bridgehead atoms. The summed E-state index contributed by atoms with van der Waals surface area (Å²) in [7, 11) is 0. The summed E-state index contributed by atoms with van der Waals surface area (Å²) in [5, 5.41) is 0. The lowest BCUT2D eigenvalue weighted by molar-refractivity contribution is 0.478. The number of aryl methyl sites for hydroxylation is 1. The monoisotopic (exact) mass is 305 g/mol. The lowest BCUT2D eigenvalue weighted by atomic mass is 10.1. The van der Waals surface area contributed by atoms with E-state index in [4.69, 9.17) is 10.5 Å². The third kappa shape index (κ3) is 3.34. The van der Waals surface area contributed by atoms with Crippen molar-refractivity contribution < 1.29 is 4.74 Å². The van der Waals surface area contributed by atoms with Crippen LogP contribution in [0.3, 0.4) is 0 Å². The van der Waals surface area contributed by atoms with Gasteiger partial charge in [0.2, 0.25) is 0 Å². The smallest absolute Gasteiger partial charge is 0.131 e. The number of rotatable bonds is 4. The summed E-state index contributed by atoms with van der Waals surface area (Å²) in [6.07, 6.45) is 0.899. The van der Waals surface area contributed by atoms with Gasteiger partial charge in [-0.05, 0) is 55.3 Å². The molecule has 2 N–H and O–H groups in total. The Kier molecular flexibility index (Phi) is 4.39. The highest BCUT2D eigenvalue weighted by Gasteiger charge is 2.02. The molecule has 0 saturated heterocycles. The predicted octanol–water partition coefficient (Wildman–Crippen LogP) is 4.05. The zero-order chi connectivity index (χ0) is 13.0. The zero-order valence-electron chi connectivity index (χ0n) is 10.3. The topological polar surface area (TPSA) is 35.2 Å². The number of hydrogen-bond acceptors (Lipinski definition) is 2. The highest BCUT2D eigenvalue weighted by molar-refractivity contribution is 9.10. The molecule has 0 fully saturated rings. The van der Waals surface area contributed by atoms with Gasteiger partial charge in [-0.2, -0.15) is 0 Å². The molecule has 18 heavy (non-hydrogen) atoms. The van der Waals surface area contributed by atoms with Crippen LogP contribution < -0.4 is 10.5 Å². The van der Waals surface area contributed by atoms with Crippen LogP contribution in [0, 0.1) is 6.92 Å². The standard InChI is InChI=1S/C15H16BrNO/c1-11-2-5-13(16)10-15(11)18-14-6-3-12(4-7-14)8-9-17/h2-7,10H,8-9,17H2,1H3. The summed E-state index contributed by atoms with van der Waals surface area (Å²) in [4.78, 5) is 0. The number of hydrogen-bond donors (Lipinski definition) is 1. The van der Waals surface area contributed by atoms with Gasteiger partial charge in [0.15, 0.2) is 0 Å². The van der Waals surface area contributed by atoms with E-state index >= 15 is 0 Å². The summed E-state index contributed by atoms with van der Waals surface area (Å²) in [5.74, 6) is 1.72. The molecule has 0 aliphatic carbocycles. The van der Waals surface area contributed by atoms with Crippen molar-refractivity contribution in [1.82, 2.24) is 0 Å². The molecular weight excluding hydrogens is 290 g/mol. The van der Waals surface area contributed by atoms with Gasteiger partial charge >= 0.3 is 0 Å². The van der Waals surface area contributed by atoms with Crippen molar-refractivity contribution in [2.75, 3.05) is 6.54 Å². The Morgan fingerprint density at radius 3 is 2.50 bits per heavy atom. The summed E-state index contributed by atoms with van der Waals surface area (Å²) >= 11 is 3.45. The van der Waals surface area contributed by atoms with Gasteiger partial charge in [-0.25, -0.2) is 0 Å². The van der Waals surface area contributed by atoms with Crippen LogP contribution in [0.2, 0.25) is 0 Å². The van der Waals surface area contributed by atoms with Gasteiger partial charge < -0.3 is 10.5 Å². The first-order chi connectivity index (χ1) is 8.69. The fraction of sp³-hybridized carbons (Fsp3) is 0.200. The van der Waals surface area contributed by atoms with Crippen LogP contribution in [0.4, 0.5) is 0 Å². The van der Waals surface area contributed by atoms with Gasteiger partial charge in [0.25, 0.3) is 0 Å². The molecule has 0 aliphatic heterocycles. The van der Waals surface area contributed by atoms with Gasteiger partial charge in [0.1, 0.15) is 11.5 Å². The van der Waals surface area contributed by atoms with E-state index in [1.165, 1.54) is 5.56 Å². The second kappa shape index (κ2) is 6.03. The summed E-state index contributed by atoms with van der Waals surface area (Å²) in [6.45, 7) is 2.70. The van der Waals surface area contributed by atoms with E-state index in [1.54, 1.807) is 0 Å². The van der Waals surface area contributed by atoms with Crippen molar-refractivity contribution in [2.45, 2.75) is 13.3 Å². The predicted molar refractivity (Wildman–Crippen MR) is 78.2 cm³/mol. The lowest BCUT2D eigenvalue weighted by Crippen LogP contribution is -2.02. The molecule has 0 radical (unpaired) electrons. The quantitative estimate of drug-likeness (QED) is 0.925. The molecule has 0 aromatic heterocycles. The Bertz CT molecular complexity index is 523. The minimum Gasteiger partial charge on any atom is -0.457 e. The average molecular weight is 306 g/mol. The Hall–Kier alpha value is -1.32. The summed E-state index contributed by atoms with van der Waals surface area (Å²) < 4.78 is 6.88. The number of nitrogens with two attached hydrogens (primary N) is 1. The first-order valence-corrected chi connectivity index (χ1v) is 6.71.